The van der Waals surface area contributed by atoms with E-state index in [1.165, 1.54) is 6.07 Å². The summed E-state index contributed by atoms with van der Waals surface area (Å²) in [4.78, 5) is 4.29. The van der Waals surface area contributed by atoms with E-state index in [1.807, 2.05) is 24.3 Å². The maximum Gasteiger partial charge on any atom is 0.416 e. The number of benzene rings is 2. The summed E-state index contributed by atoms with van der Waals surface area (Å²) >= 11 is 0. The van der Waals surface area contributed by atoms with Crippen LogP contribution in [-0.4, -0.2) is 9.55 Å². The molecule has 0 atom stereocenters. The molecule has 0 bridgehead atoms. The molecule has 0 fully saturated rings. The van der Waals surface area contributed by atoms with Gasteiger partial charge in [-0.25, -0.2) is 4.98 Å². The first-order chi connectivity index (χ1) is 10.5. The van der Waals surface area contributed by atoms with Crippen molar-refractivity contribution in [3.63, 3.8) is 0 Å². The zero-order valence-corrected chi connectivity index (χ0v) is 11.2. The summed E-state index contributed by atoms with van der Waals surface area (Å²) in [6.07, 6.45) is -1.13. The third-order valence-electron chi connectivity index (χ3n) is 3.66. The van der Waals surface area contributed by atoms with Crippen LogP contribution in [0.3, 0.4) is 0 Å². The Bertz CT molecular complexity index is 865. The second-order valence-corrected chi connectivity index (χ2v) is 5.02. The number of hydrogen-bond acceptors (Lipinski definition) is 2. The lowest BCUT2D eigenvalue weighted by atomic mass is 10.1. The molecule has 2 heterocycles. The van der Waals surface area contributed by atoms with Gasteiger partial charge in [0.1, 0.15) is 5.82 Å². The van der Waals surface area contributed by atoms with E-state index in [0.29, 0.717) is 17.2 Å². The number of aromatic nitrogens is 2. The summed E-state index contributed by atoms with van der Waals surface area (Å²) < 4.78 is 40.6. The highest BCUT2D eigenvalue weighted by atomic mass is 19.4. The Morgan fingerprint density at radius 3 is 2.64 bits per heavy atom. The van der Waals surface area contributed by atoms with Gasteiger partial charge >= 0.3 is 6.18 Å². The monoisotopic (exact) mass is 301 g/mol. The van der Waals surface area contributed by atoms with Gasteiger partial charge in [0.15, 0.2) is 0 Å². The minimum Gasteiger partial charge on any atom is -0.353 e. The summed E-state index contributed by atoms with van der Waals surface area (Å²) in [5.41, 5.74) is 2.01. The number of nitrogens with one attached hydrogen (secondary N) is 1. The van der Waals surface area contributed by atoms with Crippen LogP contribution in [0, 0.1) is 0 Å². The van der Waals surface area contributed by atoms with Crippen molar-refractivity contribution in [2.45, 2.75) is 6.18 Å². The molecule has 0 radical (unpaired) electrons. The minimum atomic E-state index is -4.38. The SMILES string of the molecule is FC(F)(F)c1ccc2c(c1)-n1ccnc1-c1ccccc1N2. The molecule has 0 amide bonds. The highest BCUT2D eigenvalue weighted by Crippen LogP contribution is 2.40. The number of hydrogen-bond donors (Lipinski definition) is 1. The Balaban J connectivity index is 2.01. The third kappa shape index (κ3) is 1.88. The van der Waals surface area contributed by atoms with Crippen LogP contribution >= 0.6 is 0 Å². The molecule has 0 saturated carbocycles. The number of alkyl halides is 3. The maximum absolute atomic E-state index is 13.0. The lowest BCUT2D eigenvalue weighted by molar-refractivity contribution is -0.137. The molecule has 6 heteroatoms. The predicted octanol–water partition coefficient (Wildman–Crippen LogP) is 4.62. The Morgan fingerprint density at radius 2 is 1.82 bits per heavy atom. The summed E-state index contributed by atoms with van der Waals surface area (Å²) in [5.74, 6) is 0.612. The number of rotatable bonds is 0. The molecule has 0 spiro atoms. The normalized spacial score (nSPS) is 12.7. The van der Waals surface area contributed by atoms with Crippen LogP contribution in [-0.2, 0) is 6.18 Å². The van der Waals surface area contributed by atoms with Crippen LogP contribution in [0.1, 0.15) is 5.56 Å². The lowest BCUT2D eigenvalue weighted by Gasteiger charge is -2.13. The zero-order chi connectivity index (χ0) is 15.3. The minimum absolute atomic E-state index is 0.429. The van der Waals surface area contributed by atoms with Gasteiger partial charge in [0.05, 0.1) is 16.9 Å². The lowest BCUT2D eigenvalue weighted by Crippen LogP contribution is -2.07. The standard InChI is InChI=1S/C16H10F3N3/c17-16(18,19)10-5-6-13-14(9-10)22-8-7-20-15(22)11-3-1-2-4-12(11)21-13/h1-9,21H. The van der Waals surface area contributed by atoms with Crippen molar-refractivity contribution in [2.75, 3.05) is 5.32 Å². The fourth-order valence-electron chi connectivity index (χ4n) is 2.64. The van der Waals surface area contributed by atoms with E-state index in [1.54, 1.807) is 17.0 Å². The van der Waals surface area contributed by atoms with Crippen LogP contribution in [0.15, 0.2) is 54.9 Å². The Kier molecular flexibility index (Phi) is 2.57. The molecule has 110 valence electrons. The maximum atomic E-state index is 13.0. The topological polar surface area (TPSA) is 29.9 Å². The zero-order valence-electron chi connectivity index (χ0n) is 11.2. The molecular formula is C16H10F3N3. The van der Waals surface area contributed by atoms with Gasteiger partial charge in [-0.3, -0.25) is 4.57 Å². The van der Waals surface area contributed by atoms with Crippen molar-refractivity contribution in [3.05, 3.63) is 60.4 Å². The molecule has 0 aliphatic carbocycles. The quantitative estimate of drug-likeness (QED) is 0.514. The molecular weight excluding hydrogens is 291 g/mol. The highest BCUT2D eigenvalue weighted by Gasteiger charge is 2.32. The Morgan fingerprint density at radius 1 is 1.00 bits per heavy atom. The van der Waals surface area contributed by atoms with Gasteiger partial charge in [0, 0.05) is 23.6 Å². The summed E-state index contributed by atoms with van der Waals surface area (Å²) in [6, 6.07) is 11.2. The van der Waals surface area contributed by atoms with E-state index in [-0.39, 0.29) is 0 Å². The highest BCUT2D eigenvalue weighted by molar-refractivity contribution is 5.84. The largest absolute Gasteiger partial charge is 0.416 e. The molecule has 2 aromatic carbocycles. The molecule has 3 nitrogen and oxygen atoms in total. The number of para-hydroxylation sites is 1. The van der Waals surface area contributed by atoms with Gasteiger partial charge < -0.3 is 5.32 Å². The Labute approximate surface area is 124 Å². The van der Waals surface area contributed by atoms with Crippen LogP contribution < -0.4 is 5.32 Å². The van der Waals surface area contributed by atoms with Gasteiger partial charge in [-0.05, 0) is 30.3 Å². The predicted molar refractivity (Wildman–Crippen MR) is 77.3 cm³/mol. The molecule has 1 aliphatic rings. The molecule has 4 rings (SSSR count). The fraction of sp³-hybridized carbons (Fsp3) is 0.0625. The third-order valence-corrected chi connectivity index (χ3v) is 3.66. The number of nitrogens with zero attached hydrogens (tertiary/aromatic N) is 2. The van der Waals surface area contributed by atoms with Gasteiger partial charge in [-0.2, -0.15) is 13.2 Å². The summed E-state index contributed by atoms with van der Waals surface area (Å²) in [7, 11) is 0. The van der Waals surface area contributed by atoms with E-state index in [4.69, 9.17) is 0 Å². The van der Waals surface area contributed by atoms with Gasteiger partial charge in [-0.15, -0.1) is 0 Å². The van der Waals surface area contributed by atoms with Crippen molar-refractivity contribution in [2.24, 2.45) is 0 Å². The number of anilines is 2. The first-order valence-electron chi connectivity index (χ1n) is 6.65. The van der Waals surface area contributed by atoms with Crippen molar-refractivity contribution in [1.82, 2.24) is 9.55 Å². The second kappa shape index (κ2) is 4.37. The Hall–Kier alpha value is -2.76. The van der Waals surface area contributed by atoms with Crippen molar-refractivity contribution in [1.29, 1.82) is 0 Å². The van der Waals surface area contributed by atoms with Crippen molar-refractivity contribution >= 4 is 11.4 Å². The van der Waals surface area contributed by atoms with Gasteiger partial charge in [0.2, 0.25) is 0 Å². The first-order valence-corrected chi connectivity index (χ1v) is 6.65. The van der Waals surface area contributed by atoms with Crippen LogP contribution in [0.2, 0.25) is 0 Å². The molecule has 0 unspecified atom stereocenters. The summed E-state index contributed by atoms with van der Waals surface area (Å²) in [6.45, 7) is 0. The van der Waals surface area contributed by atoms with E-state index in [9.17, 15) is 13.2 Å². The van der Waals surface area contributed by atoms with Gasteiger partial charge in [0.25, 0.3) is 0 Å². The molecule has 3 aromatic rings. The molecule has 1 aromatic heterocycles. The fourth-order valence-corrected chi connectivity index (χ4v) is 2.64. The molecule has 1 aliphatic heterocycles. The summed E-state index contributed by atoms with van der Waals surface area (Å²) in [5, 5.41) is 3.19. The molecule has 0 saturated heterocycles. The average Bonchev–Trinajstić information content (AvgIpc) is 2.92. The second-order valence-electron chi connectivity index (χ2n) is 5.02. The van der Waals surface area contributed by atoms with Crippen molar-refractivity contribution in [3.8, 4) is 17.1 Å². The van der Waals surface area contributed by atoms with Gasteiger partial charge in [-0.1, -0.05) is 12.1 Å². The molecule has 1 N–H and O–H groups in total. The van der Waals surface area contributed by atoms with E-state index >= 15 is 0 Å². The van der Waals surface area contributed by atoms with E-state index < -0.39 is 11.7 Å². The average molecular weight is 301 g/mol. The van der Waals surface area contributed by atoms with Crippen LogP contribution in [0.4, 0.5) is 24.5 Å². The van der Waals surface area contributed by atoms with E-state index in [0.717, 1.165) is 23.4 Å². The number of halogens is 3. The molecule has 22 heavy (non-hydrogen) atoms. The van der Waals surface area contributed by atoms with Crippen LogP contribution in [0.25, 0.3) is 17.1 Å². The number of fused-ring (bicyclic) bond motifs is 5. The first kappa shape index (κ1) is 12.9. The van der Waals surface area contributed by atoms with E-state index in [2.05, 4.69) is 10.3 Å². The van der Waals surface area contributed by atoms with Crippen molar-refractivity contribution < 1.29 is 13.2 Å². The number of imidazole rings is 1. The smallest absolute Gasteiger partial charge is 0.353 e. The van der Waals surface area contributed by atoms with Crippen LogP contribution in [0.5, 0.6) is 0 Å².